The molecule has 8 nitrogen and oxygen atoms in total. The summed E-state index contributed by atoms with van der Waals surface area (Å²) in [6.07, 6.45) is 0.497. The number of carboxylic acid groups (broad SMARTS) is 1. The van der Waals surface area contributed by atoms with Gasteiger partial charge in [-0.15, -0.1) is 0 Å². The van der Waals surface area contributed by atoms with E-state index in [9.17, 15) is 14.9 Å². The molecule has 2 unspecified atom stereocenters. The largest absolute Gasteiger partial charge is 0.481 e. The van der Waals surface area contributed by atoms with Crippen molar-refractivity contribution in [1.82, 2.24) is 10.1 Å². The molecule has 0 bridgehead atoms. The second-order valence-corrected chi connectivity index (χ2v) is 4.55. The van der Waals surface area contributed by atoms with Gasteiger partial charge in [0.1, 0.15) is 0 Å². The predicted octanol–water partition coefficient (Wildman–Crippen LogP) is 1.83. The van der Waals surface area contributed by atoms with Crippen molar-refractivity contribution in [3.63, 3.8) is 0 Å². The van der Waals surface area contributed by atoms with Crippen molar-refractivity contribution < 1.29 is 19.3 Å². The lowest BCUT2D eigenvalue weighted by molar-refractivity contribution is -0.384. The molecule has 0 amide bonds. The van der Waals surface area contributed by atoms with E-state index in [-0.39, 0.29) is 11.6 Å². The first kappa shape index (κ1) is 12.3. The van der Waals surface area contributed by atoms with Gasteiger partial charge in [0.2, 0.25) is 11.7 Å². The SMILES string of the molecule is O=C(O)C1CC1c1nc(-c2ccc([N+](=O)[O-])cc2)no1. The summed E-state index contributed by atoms with van der Waals surface area (Å²) in [7, 11) is 0. The van der Waals surface area contributed by atoms with E-state index in [1.165, 1.54) is 24.3 Å². The highest BCUT2D eigenvalue weighted by molar-refractivity contribution is 5.74. The van der Waals surface area contributed by atoms with Crippen LogP contribution in [0.2, 0.25) is 0 Å². The number of nitro groups is 1. The van der Waals surface area contributed by atoms with Crippen molar-refractivity contribution in [3.05, 3.63) is 40.3 Å². The number of aliphatic carboxylic acids is 1. The number of nitrogens with zero attached hydrogens (tertiary/aromatic N) is 3. The topological polar surface area (TPSA) is 119 Å². The van der Waals surface area contributed by atoms with Crippen LogP contribution in [0.4, 0.5) is 5.69 Å². The van der Waals surface area contributed by atoms with Crippen LogP contribution in [0.5, 0.6) is 0 Å². The average molecular weight is 275 g/mol. The summed E-state index contributed by atoms with van der Waals surface area (Å²) in [6, 6.07) is 5.74. The molecule has 2 atom stereocenters. The second-order valence-electron chi connectivity index (χ2n) is 4.55. The van der Waals surface area contributed by atoms with Gasteiger partial charge in [-0.25, -0.2) is 0 Å². The molecule has 1 aromatic carbocycles. The van der Waals surface area contributed by atoms with E-state index in [1.807, 2.05) is 0 Å². The van der Waals surface area contributed by atoms with E-state index in [1.54, 1.807) is 0 Å². The Morgan fingerprint density at radius 2 is 2.10 bits per heavy atom. The average Bonchev–Trinajstić information content (AvgIpc) is 3.09. The first-order valence-electron chi connectivity index (χ1n) is 5.87. The number of nitro benzene ring substituents is 1. The van der Waals surface area contributed by atoms with Crippen LogP contribution in [-0.2, 0) is 4.79 Å². The molecule has 1 saturated carbocycles. The molecule has 1 aromatic heterocycles. The second kappa shape index (κ2) is 4.41. The molecule has 8 heteroatoms. The van der Waals surface area contributed by atoms with Crippen LogP contribution in [0.3, 0.4) is 0 Å². The summed E-state index contributed by atoms with van der Waals surface area (Å²) in [4.78, 5) is 25.0. The van der Waals surface area contributed by atoms with Crippen LogP contribution in [-0.4, -0.2) is 26.1 Å². The molecule has 0 spiro atoms. The Kier molecular flexibility index (Phi) is 2.70. The number of aromatic nitrogens is 2. The molecule has 2 aromatic rings. The lowest BCUT2D eigenvalue weighted by Crippen LogP contribution is -1.98. The molecular formula is C12H9N3O5. The Morgan fingerprint density at radius 3 is 2.65 bits per heavy atom. The molecule has 20 heavy (non-hydrogen) atoms. The van der Waals surface area contributed by atoms with Gasteiger partial charge < -0.3 is 9.63 Å². The number of rotatable bonds is 4. The Labute approximate surface area is 112 Å². The first-order chi connectivity index (χ1) is 9.56. The fourth-order valence-electron chi connectivity index (χ4n) is 1.98. The van der Waals surface area contributed by atoms with E-state index in [0.717, 1.165) is 0 Å². The number of carbonyl (C=O) groups is 1. The van der Waals surface area contributed by atoms with Gasteiger partial charge in [-0.05, 0) is 18.6 Å². The fourth-order valence-corrected chi connectivity index (χ4v) is 1.98. The molecule has 1 N–H and O–H groups in total. The van der Waals surface area contributed by atoms with Crippen LogP contribution in [0.25, 0.3) is 11.4 Å². The minimum Gasteiger partial charge on any atom is -0.481 e. The van der Waals surface area contributed by atoms with Gasteiger partial charge >= 0.3 is 5.97 Å². The van der Waals surface area contributed by atoms with Crippen molar-refractivity contribution in [2.75, 3.05) is 0 Å². The van der Waals surface area contributed by atoms with Crippen LogP contribution >= 0.6 is 0 Å². The summed E-state index contributed by atoms with van der Waals surface area (Å²) in [5.74, 6) is -0.964. The number of non-ortho nitro benzene ring substituents is 1. The summed E-state index contributed by atoms with van der Waals surface area (Å²) in [5, 5.41) is 23.2. The van der Waals surface area contributed by atoms with Crippen LogP contribution < -0.4 is 0 Å². The van der Waals surface area contributed by atoms with Crippen molar-refractivity contribution in [1.29, 1.82) is 0 Å². The van der Waals surface area contributed by atoms with E-state index in [0.29, 0.717) is 23.7 Å². The zero-order valence-electron chi connectivity index (χ0n) is 10.1. The fraction of sp³-hybridized carbons (Fsp3) is 0.250. The Hall–Kier alpha value is -2.77. The third kappa shape index (κ3) is 2.11. The summed E-state index contributed by atoms with van der Waals surface area (Å²) >= 11 is 0. The lowest BCUT2D eigenvalue weighted by atomic mass is 10.2. The minimum atomic E-state index is -0.870. The zero-order chi connectivity index (χ0) is 14.3. The van der Waals surface area contributed by atoms with E-state index < -0.39 is 16.8 Å². The van der Waals surface area contributed by atoms with Crippen LogP contribution in [0.15, 0.2) is 28.8 Å². The van der Waals surface area contributed by atoms with Gasteiger partial charge in [0.25, 0.3) is 5.69 Å². The highest BCUT2D eigenvalue weighted by Crippen LogP contribution is 2.47. The molecule has 0 saturated heterocycles. The first-order valence-corrected chi connectivity index (χ1v) is 5.87. The number of benzene rings is 1. The predicted molar refractivity (Wildman–Crippen MR) is 64.9 cm³/mol. The van der Waals surface area contributed by atoms with Gasteiger partial charge in [0, 0.05) is 17.7 Å². The summed E-state index contributed by atoms with van der Waals surface area (Å²) in [6.45, 7) is 0. The molecule has 3 rings (SSSR count). The normalized spacial score (nSPS) is 20.6. The molecule has 102 valence electrons. The molecule has 0 radical (unpaired) electrons. The number of hydrogen-bond acceptors (Lipinski definition) is 6. The molecule has 1 aliphatic rings. The van der Waals surface area contributed by atoms with Gasteiger partial charge in [0.15, 0.2) is 0 Å². The monoisotopic (exact) mass is 275 g/mol. The quantitative estimate of drug-likeness (QED) is 0.667. The van der Waals surface area contributed by atoms with Crippen LogP contribution in [0.1, 0.15) is 18.2 Å². The third-order valence-corrected chi connectivity index (χ3v) is 3.20. The Bertz CT molecular complexity index is 679. The maximum absolute atomic E-state index is 10.8. The van der Waals surface area contributed by atoms with Crippen LogP contribution in [0, 0.1) is 16.0 Å². The Morgan fingerprint density at radius 1 is 1.40 bits per heavy atom. The van der Waals surface area contributed by atoms with E-state index in [4.69, 9.17) is 9.63 Å². The number of carboxylic acids is 1. The van der Waals surface area contributed by atoms with Gasteiger partial charge in [-0.2, -0.15) is 4.98 Å². The van der Waals surface area contributed by atoms with Gasteiger partial charge in [0.05, 0.1) is 16.8 Å². The smallest absolute Gasteiger partial charge is 0.307 e. The van der Waals surface area contributed by atoms with Crippen molar-refractivity contribution in [2.45, 2.75) is 12.3 Å². The lowest BCUT2D eigenvalue weighted by Gasteiger charge is -1.93. The van der Waals surface area contributed by atoms with E-state index >= 15 is 0 Å². The maximum Gasteiger partial charge on any atom is 0.307 e. The van der Waals surface area contributed by atoms with Gasteiger partial charge in [-0.3, -0.25) is 14.9 Å². The Balaban J connectivity index is 1.80. The van der Waals surface area contributed by atoms with Crippen molar-refractivity contribution in [3.8, 4) is 11.4 Å². The standard InChI is InChI=1S/C12H9N3O5/c16-12(17)9-5-8(9)11-13-10(14-20-11)6-1-3-7(4-2-6)15(18)19/h1-4,8-9H,5H2,(H,16,17). The molecular weight excluding hydrogens is 266 g/mol. The minimum absolute atomic E-state index is 0.0226. The molecule has 1 aliphatic carbocycles. The number of hydrogen-bond donors (Lipinski definition) is 1. The molecule has 1 fully saturated rings. The highest BCUT2D eigenvalue weighted by atomic mass is 16.6. The zero-order valence-corrected chi connectivity index (χ0v) is 10.1. The third-order valence-electron chi connectivity index (χ3n) is 3.20. The van der Waals surface area contributed by atoms with E-state index in [2.05, 4.69) is 10.1 Å². The molecule has 0 aliphatic heterocycles. The summed E-state index contributed by atoms with van der Waals surface area (Å²) < 4.78 is 5.04. The van der Waals surface area contributed by atoms with Crippen molar-refractivity contribution in [2.24, 2.45) is 5.92 Å². The summed E-state index contributed by atoms with van der Waals surface area (Å²) in [5.41, 5.74) is 0.559. The highest BCUT2D eigenvalue weighted by Gasteiger charge is 2.48. The van der Waals surface area contributed by atoms with Crippen molar-refractivity contribution >= 4 is 11.7 Å². The maximum atomic E-state index is 10.8. The van der Waals surface area contributed by atoms with Gasteiger partial charge in [-0.1, -0.05) is 5.16 Å². The molecule has 1 heterocycles.